The van der Waals surface area contributed by atoms with Crippen LogP contribution in [0.4, 0.5) is 5.95 Å². The molecule has 6 rings (SSSR count). The number of hydrogen-bond donors (Lipinski definition) is 1. The van der Waals surface area contributed by atoms with E-state index in [-0.39, 0.29) is 12.1 Å². The lowest BCUT2D eigenvalue weighted by Gasteiger charge is -2.30. The third-order valence-corrected chi connectivity index (χ3v) is 8.74. The number of fused-ring (bicyclic) bond motifs is 1. The minimum Gasteiger partial charge on any atom is -0.493 e. The van der Waals surface area contributed by atoms with Crippen molar-refractivity contribution in [1.29, 1.82) is 0 Å². The Morgan fingerprint density at radius 1 is 0.953 bits per heavy atom. The molecule has 0 spiro atoms. The maximum atomic E-state index is 13.8. The number of thioether (sulfide) groups is 1. The Bertz CT molecular complexity index is 1580. The van der Waals surface area contributed by atoms with E-state index < -0.39 is 6.04 Å². The predicted molar refractivity (Wildman–Crippen MR) is 167 cm³/mol. The molecule has 8 nitrogen and oxygen atoms in total. The van der Waals surface area contributed by atoms with Gasteiger partial charge in [-0.15, -0.1) is 5.10 Å². The second-order valence-corrected chi connectivity index (χ2v) is 11.8. The Morgan fingerprint density at radius 3 is 2.40 bits per heavy atom. The van der Waals surface area contributed by atoms with Gasteiger partial charge in [-0.1, -0.05) is 84.9 Å². The first-order valence-electron chi connectivity index (χ1n) is 14.8. The second kappa shape index (κ2) is 13.4. The van der Waals surface area contributed by atoms with Crippen molar-refractivity contribution in [2.45, 2.75) is 68.7 Å². The molecule has 2 heterocycles. The highest BCUT2D eigenvalue weighted by Gasteiger charge is 2.37. The van der Waals surface area contributed by atoms with Crippen LogP contribution in [-0.4, -0.2) is 33.9 Å². The molecule has 1 N–H and O–H groups in total. The van der Waals surface area contributed by atoms with E-state index in [1.807, 2.05) is 73.7 Å². The average molecular weight is 597 g/mol. The van der Waals surface area contributed by atoms with E-state index in [1.54, 1.807) is 23.6 Å². The van der Waals surface area contributed by atoms with Crippen LogP contribution in [0.3, 0.4) is 0 Å². The Kier molecular flexibility index (Phi) is 8.98. The number of hydrogen-bond acceptors (Lipinski definition) is 8. The van der Waals surface area contributed by atoms with Crippen LogP contribution < -0.4 is 14.8 Å². The molecule has 1 atom stereocenters. The molecule has 0 saturated heterocycles. The Morgan fingerprint density at radius 2 is 1.67 bits per heavy atom. The van der Waals surface area contributed by atoms with E-state index in [9.17, 15) is 4.79 Å². The van der Waals surface area contributed by atoms with Gasteiger partial charge in [0.2, 0.25) is 11.1 Å². The molecule has 1 aromatic heterocycles. The van der Waals surface area contributed by atoms with Crippen molar-refractivity contribution < 1.29 is 19.0 Å². The minimum absolute atomic E-state index is 0.0698. The highest BCUT2D eigenvalue weighted by Crippen LogP contribution is 2.40. The zero-order valence-electron chi connectivity index (χ0n) is 24.5. The standard InChI is InChI=1S/C34H36N4O4S/c1-23-30(32(39)42-27-16-10-5-11-17-27)31(38-33(35-23)36-34(37-38)43-22-25-14-8-4-9-15-25)26-18-19-28(29(20-26)40-2)41-21-24-12-6-3-7-13-24/h3-4,6-9,12-15,18-20,27,31H,5,10-11,16-17,21-22H2,1-2H3,(H,35,36,37). The van der Waals surface area contributed by atoms with Gasteiger partial charge < -0.3 is 19.5 Å². The summed E-state index contributed by atoms with van der Waals surface area (Å²) in [6, 6.07) is 25.4. The van der Waals surface area contributed by atoms with Crippen LogP contribution >= 0.6 is 11.8 Å². The van der Waals surface area contributed by atoms with Crippen molar-refractivity contribution in [2.75, 3.05) is 12.4 Å². The highest BCUT2D eigenvalue weighted by molar-refractivity contribution is 7.98. The normalized spacial score (nSPS) is 16.7. The molecule has 3 aromatic carbocycles. The summed E-state index contributed by atoms with van der Waals surface area (Å²) in [4.78, 5) is 18.6. The van der Waals surface area contributed by atoms with E-state index >= 15 is 0 Å². The van der Waals surface area contributed by atoms with Gasteiger partial charge in [0, 0.05) is 11.4 Å². The molecule has 1 aliphatic carbocycles. The molecule has 0 amide bonds. The van der Waals surface area contributed by atoms with Gasteiger partial charge in [0.25, 0.3) is 0 Å². The summed E-state index contributed by atoms with van der Waals surface area (Å²) in [5, 5.41) is 8.83. The topological polar surface area (TPSA) is 87.5 Å². The number of nitrogens with zero attached hydrogens (tertiary/aromatic N) is 3. The van der Waals surface area contributed by atoms with Gasteiger partial charge >= 0.3 is 5.97 Å². The van der Waals surface area contributed by atoms with E-state index in [4.69, 9.17) is 24.3 Å². The molecule has 2 aliphatic rings. The van der Waals surface area contributed by atoms with Crippen LogP contribution in [0.2, 0.25) is 0 Å². The van der Waals surface area contributed by atoms with E-state index in [0.717, 1.165) is 42.6 Å². The quantitative estimate of drug-likeness (QED) is 0.151. The van der Waals surface area contributed by atoms with Crippen molar-refractivity contribution in [3.63, 3.8) is 0 Å². The molecule has 43 heavy (non-hydrogen) atoms. The number of carbonyl (C=O) groups excluding carboxylic acids is 1. The van der Waals surface area contributed by atoms with E-state index in [2.05, 4.69) is 17.4 Å². The van der Waals surface area contributed by atoms with Crippen molar-refractivity contribution in [3.05, 3.63) is 107 Å². The second-order valence-electron chi connectivity index (χ2n) is 10.9. The molecule has 0 bridgehead atoms. The Balaban J connectivity index is 1.32. The molecule has 4 aromatic rings. The predicted octanol–water partition coefficient (Wildman–Crippen LogP) is 7.32. The summed E-state index contributed by atoms with van der Waals surface area (Å²) in [6.45, 7) is 2.31. The number of aromatic nitrogens is 3. The molecular formula is C34H36N4O4S. The number of benzene rings is 3. The lowest BCUT2D eigenvalue weighted by atomic mass is 9.94. The van der Waals surface area contributed by atoms with Gasteiger partial charge in [-0.2, -0.15) is 4.98 Å². The van der Waals surface area contributed by atoms with Crippen LogP contribution in [0.5, 0.6) is 11.5 Å². The maximum absolute atomic E-state index is 13.8. The van der Waals surface area contributed by atoms with E-state index in [1.165, 1.54) is 12.0 Å². The first-order valence-corrected chi connectivity index (χ1v) is 15.7. The summed E-state index contributed by atoms with van der Waals surface area (Å²) in [5.41, 5.74) is 4.29. The number of esters is 1. The van der Waals surface area contributed by atoms with Crippen molar-refractivity contribution in [1.82, 2.24) is 14.8 Å². The smallest absolute Gasteiger partial charge is 0.338 e. The third-order valence-electron chi connectivity index (χ3n) is 7.83. The van der Waals surface area contributed by atoms with Gasteiger partial charge in [0.05, 0.1) is 12.7 Å². The van der Waals surface area contributed by atoms with Crippen LogP contribution in [-0.2, 0) is 21.9 Å². The van der Waals surface area contributed by atoms with Crippen molar-refractivity contribution in [2.24, 2.45) is 0 Å². The lowest BCUT2D eigenvalue weighted by Crippen LogP contribution is -2.32. The maximum Gasteiger partial charge on any atom is 0.338 e. The molecule has 1 saturated carbocycles. The fourth-order valence-electron chi connectivity index (χ4n) is 5.59. The summed E-state index contributed by atoms with van der Waals surface area (Å²) in [5.74, 6) is 2.18. The van der Waals surface area contributed by atoms with E-state index in [0.29, 0.717) is 40.5 Å². The van der Waals surface area contributed by atoms with Gasteiger partial charge in [-0.3, -0.25) is 0 Å². The fourth-order valence-corrected chi connectivity index (χ4v) is 6.38. The molecular weight excluding hydrogens is 560 g/mol. The van der Waals surface area contributed by atoms with Crippen LogP contribution in [0, 0.1) is 0 Å². The number of anilines is 1. The number of ether oxygens (including phenoxy) is 3. The number of carbonyl (C=O) groups is 1. The zero-order valence-corrected chi connectivity index (χ0v) is 25.3. The van der Waals surface area contributed by atoms with Crippen molar-refractivity contribution in [3.8, 4) is 11.5 Å². The summed E-state index contributed by atoms with van der Waals surface area (Å²) < 4.78 is 19.8. The number of rotatable bonds is 10. The highest BCUT2D eigenvalue weighted by atomic mass is 32.2. The first kappa shape index (κ1) is 28.9. The monoisotopic (exact) mass is 596 g/mol. The molecule has 1 fully saturated rings. The SMILES string of the molecule is COc1cc(C2C(C(=O)OC3CCCCC3)=C(C)Nc3nc(SCc4ccccc4)nn32)ccc1OCc1ccccc1. The van der Waals surface area contributed by atoms with Crippen LogP contribution in [0.15, 0.2) is 95.3 Å². The number of allylic oxidation sites excluding steroid dienone is 1. The Labute approximate surface area is 256 Å². The van der Waals surface area contributed by atoms with Gasteiger partial charge in [0.1, 0.15) is 18.8 Å². The number of nitrogens with one attached hydrogen (secondary N) is 1. The van der Waals surface area contributed by atoms with Gasteiger partial charge in [-0.25, -0.2) is 9.48 Å². The summed E-state index contributed by atoms with van der Waals surface area (Å²) >= 11 is 1.56. The number of methoxy groups -OCH3 is 1. The minimum atomic E-state index is -0.553. The average Bonchev–Trinajstić information content (AvgIpc) is 3.46. The first-order chi connectivity index (χ1) is 21.1. The van der Waals surface area contributed by atoms with Crippen LogP contribution in [0.1, 0.15) is 61.8 Å². The zero-order chi connectivity index (χ0) is 29.6. The van der Waals surface area contributed by atoms with Crippen LogP contribution in [0.25, 0.3) is 0 Å². The summed E-state index contributed by atoms with van der Waals surface area (Å²) in [7, 11) is 1.62. The van der Waals surface area contributed by atoms with Gasteiger partial charge in [0.15, 0.2) is 11.5 Å². The lowest BCUT2D eigenvalue weighted by molar-refractivity contribution is -0.146. The third kappa shape index (κ3) is 6.72. The largest absolute Gasteiger partial charge is 0.493 e. The Hall–Kier alpha value is -4.24. The van der Waals surface area contributed by atoms with Crippen molar-refractivity contribution >= 4 is 23.7 Å². The summed E-state index contributed by atoms with van der Waals surface area (Å²) in [6.07, 6.45) is 5.06. The molecule has 1 unspecified atom stereocenters. The molecule has 9 heteroatoms. The van der Waals surface area contributed by atoms with Gasteiger partial charge in [-0.05, 0) is 61.4 Å². The molecule has 1 aliphatic heterocycles. The fraction of sp³-hybridized carbons (Fsp3) is 0.324. The molecule has 0 radical (unpaired) electrons. The molecule has 222 valence electrons.